The first-order chi connectivity index (χ1) is 23.0. The molecule has 0 saturated carbocycles. The lowest BCUT2D eigenvalue weighted by Crippen LogP contribution is -2.50. The minimum atomic E-state index is -1.54. The SMILES string of the molecule is CC#CCOc1ccc2cn(CC3(c4ccc(-c5cc(C)ccn5)cc4)C(=O)N(COCC[Si](C)(C)C)C(=O)N3CC#CC)c(O)c2c1. The predicted octanol–water partition coefficient (Wildman–Crippen LogP) is 6.61. The fourth-order valence-electron chi connectivity index (χ4n) is 5.75. The molecule has 3 heterocycles. The number of urea groups is 1. The number of nitrogens with zero attached hydrogens (tertiary/aromatic N) is 4. The monoisotopic (exact) mass is 662 g/mol. The lowest BCUT2D eigenvalue weighted by atomic mass is 9.86. The van der Waals surface area contributed by atoms with Gasteiger partial charge in [0, 0.05) is 43.4 Å². The van der Waals surface area contributed by atoms with Crippen LogP contribution in [-0.2, 0) is 21.6 Å². The smallest absolute Gasteiger partial charge is 0.330 e. The lowest BCUT2D eigenvalue weighted by molar-refractivity contribution is -0.137. The number of hydrogen-bond acceptors (Lipinski definition) is 6. The van der Waals surface area contributed by atoms with Gasteiger partial charge in [-0.3, -0.25) is 14.7 Å². The Morgan fingerprint density at radius 3 is 2.42 bits per heavy atom. The molecule has 9 nitrogen and oxygen atoms in total. The summed E-state index contributed by atoms with van der Waals surface area (Å²) in [4.78, 5) is 36.0. The van der Waals surface area contributed by atoms with Crippen LogP contribution in [0, 0.1) is 30.6 Å². The molecule has 2 aromatic carbocycles. The van der Waals surface area contributed by atoms with Gasteiger partial charge in [-0.25, -0.2) is 9.69 Å². The summed E-state index contributed by atoms with van der Waals surface area (Å²) in [7, 11) is -1.40. The largest absolute Gasteiger partial charge is 0.494 e. The second-order valence-electron chi connectivity index (χ2n) is 13.1. The average molecular weight is 663 g/mol. The molecule has 4 aromatic rings. The van der Waals surface area contributed by atoms with E-state index in [1.54, 1.807) is 36.9 Å². The van der Waals surface area contributed by atoms with Crippen molar-refractivity contribution in [3.63, 3.8) is 0 Å². The Kier molecular flexibility index (Phi) is 10.3. The van der Waals surface area contributed by atoms with Crippen LogP contribution in [0.15, 0.2) is 67.0 Å². The first-order valence-electron chi connectivity index (χ1n) is 16.0. The zero-order valence-corrected chi connectivity index (χ0v) is 29.5. The van der Waals surface area contributed by atoms with E-state index < -0.39 is 25.6 Å². The first kappa shape index (κ1) is 34.3. The van der Waals surface area contributed by atoms with E-state index in [1.807, 2.05) is 55.5 Å². The van der Waals surface area contributed by atoms with Gasteiger partial charge in [0.1, 0.15) is 19.1 Å². The summed E-state index contributed by atoms with van der Waals surface area (Å²) in [6.45, 7) is 12.6. The maximum absolute atomic E-state index is 14.7. The number of fused-ring (bicyclic) bond motifs is 1. The van der Waals surface area contributed by atoms with Crippen LogP contribution in [0.1, 0.15) is 25.0 Å². The summed E-state index contributed by atoms with van der Waals surface area (Å²) in [5.74, 6) is 11.6. The third-order valence-electron chi connectivity index (χ3n) is 8.45. The fraction of sp³-hybridized carbons (Fsp3) is 0.342. The Bertz CT molecular complexity index is 1940. The molecule has 1 fully saturated rings. The molecule has 0 bridgehead atoms. The van der Waals surface area contributed by atoms with Crippen LogP contribution >= 0.6 is 0 Å². The Morgan fingerprint density at radius 1 is 0.979 bits per heavy atom. The zero-order chi connectivity index (χ0) is 34.5. The molecular formula is C38H42N4O5Si. The topological polar surface area (TPSA) is 97.1 Å². The summed E-state index contributed by atoms with van der Waals surface area (Å²) in [5.41, 5.74) is 1.79. The molecular weight excluding hydrogens is 621 g/mol. The molecule has 0 aliphatic carbocycles. The van der Waals surface area contributed by atoms with Gasteiger partial charge in [-0.2, -0.15) is 0 Å². The van der Waals surface area contributed by atoms with Crippen molar-refractivity contribution in [3.05, 3.63) is 78.1 Å². The van der Waals surface area contributed by atoms with Crippen LogP contribution in [-0.4, -0.2) is 71.0 Å². The van der Waals surface area contributed by atoms with Crippen LogP contribution in [0.25, 0.3) is 22.0 Å². The minimum absolute atomic E-state index is 0.00562. The third kappa shape index (κ3) is 7.11. The van der Waals surface area contributed by atoms with Crippen molar-refractivity contribution in [1.82, 2.24) is 19.4 Å². The molecule has 0 radical (unpaired) electrons. The molecule has 5 rings (SSSR count). The number of amides is 3. The number of carbonyl (C=O) groups is 2. The number of benzene rings is 2. The van der Waals surface area contributed by atoms with E-state index in [-0.39, 0.29) is 32.3 Å². The predicted molar refractivity (Wildman–Crippen MR) is 190 cm³/mol. The van der Waals surface area contributed by atoms with Crippen molar-refractivity contribution in [2.75, 3.05) is 26.5 Å². The van der Waals surface area contributed by atoms with Crippen molar-refractivity contribution in [2.24, 2.45) is 0 Å². The summed E-state index contributed by atoms with van der Waals surface area (Å²) in [5, 5.41) is 12.9. The van der Waals surface area contributed by atoms with Gasteiger partial charge in [-0.15, -0.1) is 11.8 Å². The molecule has 248 valence electrons. The molecule has 48 heavy (non-hydrogen) atoms. The molecule has 3 amide bonds. The van der Waals surface area contributed by atoms with Gasteiger partial charge in [0.25, 0.3) is 5.91 Å². The normalized spacial score (nSPS) is 16.1. The summed E-state index contributed by atoms with van der Waals surface area (Å²) >= 11 is 0. The van der Waals surface area contributed by atoms with Crippen LogP contribution in [0.3, 0.4) is 0 Å². The molecule has 1 N–H and O–H groups in total. The molecule has 2 aromatic heterocycles. The number of imide groups is 1. The highest BCUT2D eigenvalue weighted by molar-refractivity contribution is 6.76. The molecule has 1 saturated heterocycles. The van der Waals surface area contributed by atoms with E-state index in [4.69, 9.17) is 9.47 Å². The number of ether oxygens (including phenoxy) is 2. The van der Waals surface area contributed by atoms with Crippen molar-refractivity contribution in [2.45, 2.75) is 58.5 Å². The Hall–Kier alpha value is -5.03. The summed E-state index contributed by atoms with van der Waals surface area (Å²) < 4.78 is 13.3. The van der Waals surface area contributed by atoms with E-state index >= 15 is 0 Å². The zero-order valence-electron chi connectivity index (χ0n) is 28.5. The van der Waals surface area contributed by atoms with Crippen molar-refractivity contribution >= 4 is 30.8 Å². The van der Waals surface area contributed by atoms with Gasteiger partial charge < -0.3 is 19.1 Å². The van der Waals surface area contributed by atoms with Gasteiger partial charge in [-0.1, -0.05) is 55.7 Å². The number of pyridine rings is 1. The fourth-order valence-corrected chi connectivity index (χ4v) is 6.51. The highest BCUT2D eigenvalue weighted by atomic mass is 28.3. The third-order valence-corrected chi connectivity index (χ3v) is 10.1. The molecule has 1 unspecified atom stereocenters. The van der Waals surface area contributed by atoms with E-state index in [2.05, 4.69) is 48.3 Å². The van der Waals surface area contributed by atoms with E-state index in [0.29, 0.717) is 23.3 Å². The van der Waals surface area contributed by atoms with Crippen molar-refractivity contribution in [1.29, 1.82) is 0 Å². The minimum Gasteiger partial charge on any atom is -0.494 e. The maximum Gasteiger partial charge on any atom is 0.330 e. The Morgan fingerprint density at radius 2 is 1.73 bits per heavy atom. The van der Waals surface area contributed by atoms with Gasteiger partial charge in [-0.05, 0) is 68.3 Å². The lowest BCUT2D eigenvalue weighted by Gasteiger charge is -2.35. The van der Waals surface area contributed by atoms with Crippen molar-refractivity contribution < 1.29 is 24.2 Å². The van der Waals surface area contributed by atoms with Crippen molar-refractivity contribution in [3.8, 4) is 46.6 Å². The maximum atomic E-state index is 14.7. The van der Waals surface area contributed by atoms with Gasteiger partial charge >= 0.3 is 6.03 Å². The van der Waals surface area contributed by atoms with Gasteiger partial charge in [0.15, 0.2) is 11.4 Å². The number of carbonyl (C=O) groups excluding carboxylic acids is 2. The number of rotatable bonds is 12. The van der Waals surface area contributed by atoms with E-state index in [1.165, 1.54) is 9.80 Å². The molecule has 10 heteroatoms. The standard InChI is InChI=1S/C38H42N4O5Si/c1-7-9-19-42-37(45)41(27-46-21-22-48(4,5)6)36(44)38(42,31-14-11-29(12-15-31)34-23-28(3)17-18-39-34)26-40-25-30-13-16-32(47-20-10-8-2)24-33(30)35(40)43/h11-18,23-25,43H,19-22,26-27H2,1-6H3. The number of aryl methyl sites for hydroxylation is 1. The highest BCUT2D eigenvalue weighted by Gasteiger charge is 2.58. The molecule has 1 aliphatic rings. The highest BCUT2D eigenvalue weighted by Crippen LogP contribution is 2.42. The molecule has 1 atom stereocenters. The van der Waals surface area contributed by atoms with E-state index in [0.717, 1.165) is 28.3 Å². The summed E-state index contributed by atoms with van der Waals surface area (Å²) in [6.07, 6.45) is 3.54. The van der Waals surface area contributed by atoms with Crippen LogP contribution in [0.4, 0.5) is 4.79 Å². The molecule has 0 spiro atoms. The van der Waals surface area contributed by atoms with Gasteiger partial charge in [0.05, 0.1) is 18.8 Å². The quantitative estimate of drug-likeness (QED) is 0.0794. The van der Waals surface area contributed by atoms with Crippen LogP contribution in [0.5, 0.6) is 11.6 Å². The second kappa shape index (κ2) is 14.4. The van der Waals surface area contributed by atoms with Gasteiger partial charge in [0.2, 0.25) is 0 Å². The van der Waals surface area contributed by atoms with Crippen LogP contribution < -0.4 is 4.74 Å². The Labute approximate surface area is 283 Å². The Balaban J connectivity index is 1.60. The molecule has 1 aliphatic heterocycles. The number of aromatic nitrogens is 2. The second-order valence-corrected chi connectivity index (χ2v) is 18.7. The number of hydrogen-bond donors (Lipinski definition) is 1. The number of aromatic hydroxyl groups is 1. The van der Waals surface area contributed by atoms with E-state index in [9.17, 15) is 14.7 Å². The van der Waals surface area contributed by atoms with Crippen LogP contribution in [0.2, 0.25) is 25.7 Å². The average Bonchev–Trinajstić information content (AvgIpc) is 3.47. The first-order valence-corrected chi connectivity index (χ1v) is 19.7. The summed E-state index contributed by atoms with van der Waals surface area (Å²) in [6, 6.07) is 17.2.